The molecule has 2 heterocycles. The monoisotopic (exact) mass is 454 g/mol. The molecule has 1 saturated heterocycles. The number of hydrogen-bond acceptors (Lipinski definition) is 4. The van der Waals surface area contributed by atoms with Gasteiger partial charge in [0.25, 0.3) is 0 Å². The van der Waals surface area contributed by atoms with E-state index in [0.717, 1.165) is 60.9 Å². The second kappa shape index (κ2) is 8.79. The van der Waals surface area contributed by atoms with Crippen molar-refractivity contribution in [1.29, 1.82) is 0 Å². The molecule has 6 rings (SSSR count). The summed E-state index contributed by atoms with van der Waals surface area (Å²) in [5, 5.41) is 5.44. The average molecular weight is 455 g/mol. The van der Waals surface area contributed by atoms with E-state index in [2.05, 4.69) is 68.6 Å². The van der Waals surface area contributed by atoms with E-state index in [1.54, 1.807) is 0 Å². The Labute approximate surface area is 199 Å². The topological polar surface area (TPSA) is 31.4 Å². The van der Waals surface area contributed by atoms with Crippen molar-refractivity contribution in [3.05, 3.63) is 95.1 Å². The number of anilines is 1. The molecule has 1 fully saturated rings. The smallest absolute Gasteiger partial charge is 0.0737 e. The van der Waals surface area contributed by atoms with Gasteiger partial charge in [-0.3, -0.25) is 14.8 Å². The number of fused-ring (bicyclic) bond motifs is 4. The lowest BCUT2D eigenvalue weighted by Crippen LogP contribution is -2.48. The molecule has 0 atom stereocenters. The van der Waals surface area contributed by atoms with E-state index in [0.29, 0.717) is 6.04 Å². The second-order valence-corrected chi connectivity index (χ2v) is 9.34. The van der Waals surface area contributed by atoms with Gasteiger partial charge < -0.3 is 5.32 Å². The summed E-state index contributed by atoms with van der Waals surface area (Å²) in [5.74, 6) is 0. The highest BCUT2D eigenvalue weighted by molar-refractivity contribution is 6.31. The van der Waals surface area contributed by atoms with Gasteiger partial charge in [0.05, 0.1) is 11.6 Å². The third-order valence-corrected chi connectivity index (χ3v) is 7.26. The van der Waals surface area contributed by atoms with E-state index in [9.17, 15) is 0 Å². The minimum absolute atomic E-state index is 0.382. The van der Waals surface area contributed by atoms with Crippen molar-refractivity contribution in [3.63, 3.8) is 0 Å². The first kappa shape index (κ1) is 20.7. The second-order valence-electron chi connectivity index (χ2n) is 8.90. The molecule has 1 aliphatic carbocycles. The van der Waals surface area contributed by atoms with Gasteiger partial charge in [-0.1, -0.05) is 60.1 Å². The minimum Gasteiger partial charge on any atom is -0.383 e. The number of nitrogens with one attached hydrogen (secondary N) is 1. The highest BCUT2D eigenvalue weighted by Crippen LogP contribution is 2.46. The Morgan fingerprint density at radius 2 is 1.55 bits per heavy atom. The van der Waals surface area contributed by atoms with Crippen LogP contribution in [0.4, 0.5) is 5.69 Å². The Balaban J connectivity index is 1.09. The molecule has 166 valence electrons. The fraction of sp³-hybridized carbons (Fsp3) is 0.250. The summed E-state index contributed by atoms with van der Waals surface area (Å²) in [6.07, 6.45) is 1.84. The zero-order valence-corrected chi connectivity index (χ0v) is 19.3. The van der Waals surface area contributed by atoms with Gasteiger partial charge in [-0.2, -0.15) is 0 Å². The van der Waals surface area contributed by atoms with Crippen LogP contribution in [0, 0.1) is 0 Å². The Kier molecular flexibility index (Phi) is 5.50. The Bertz CT molecular complexity index is 1250. The average Bonchev–Trinajstić information content (AvgIpc) is 3.19. The molecule has 4 aromatic rings. The molecule has 0 saturated carbocycles. The number of benzene rings is 3. The van der Waals surface area contributed by atoms with Crippen molar-refractivity contribution >= 4 is 28.2 Å². The van der Waals surface area contributed by atoms with Crippen LogP contribution < -0.4 is 5.32 Å². The number of halogens is 1. The summed E-state index contributed by atoms with van der Waals surface area (Å²) in [4.78, 5) is 9.67. The lowest BCUT2D eigenvalue weighted by Gasteiger charge is -2.38. The van der Waals surface area contributed by atoms with Gasteiger partial charge in [-0.15, -0.1) is 0 Å². The van der Waals surface area contributed by atoms with E-state index >= 15 is 0 Å². The third kappa shape index (κ3) is 3.89. The van der Waals surface area contributed by atoms with Gasteiger partial charge in [-0.25, -0.2) is 0 Å². The molecular formula is C28H27ClN4. The standard InChI is InChI=1S/C28H27ClN4/c29-20-9-10-25-26(11-12-30-27(25)19-20)31-13-14-32-15-17-33(18-16-32)28-23-7-3-1-5-21(23)22-6-2-4-8-24(22)28/h1-12,19,28H,13-18H2,(H,30,31). The lowest BCUT2D eigenvalue weighted by atomic mass is 10.0. The molecule has 0 bridgehead atoms. The van der Waals surface area contributed by atoms with Gasteiger partial charge in [0.1, 0.15) is 0 Å². The Morgan fingerprint density at radius 3 is 2.27 bits per heavy atom. The zero-order chi connectivity index (χ0) is 22.2. The predicted molar refractivity (Wildman–Crippen MR) is 137 cm³/mol. The third-order valence-electron chi connectivity index (χ3n) is 7.02. The fourth-order valence-corrected chi connectivity index (χ4v) is 5.56. The van der Waals surface area contributed by atoms with Crippen LogP contribution in [0.3, 0.4) is 0 Å². The normalized spacial score (nSPS) is 16.6. The van der Waals surface area contributed by atoms with Crippen LogP contribution in [-0.4, -0.2) is 54.1 Å². The molecule has 1 aliphatic heterocycles. The number of rotatable bonds is 5. The molecule has 0 unspecified atom stereocenters. The Morgan fingerprint density at radius 1 is 0.848 bits per heavy atom. The summed E-state index contributed by atoms with van der Waals surface area (Å²) in [6, 6.07) is 26.1. The summed E-state index contributed by atoms with van der Waals surface area (Å²) < 4.78 is 0. The highest BCUT2D eigenvalue weighted by atomic mass is 35.5. The molecule has 0 spiro atoms. The first-order valence-electron chi connectivity index (χ1n) is 11.7. The molecule has 1 aromatic heterocycles. The molecule has 5 heteroatoms. The van der Waals surface area contributed by atoms with Crippen molar-refractivity contribution in [3.8, 4) is 11.1 Å². The molecule has 1 N–H and O–H groups in total. The van der Waals surface area contributed by atoms with Crippen LogP contribution in [0.5, 0.6) is 0 Å². The van der Waals surface area contributed by atoms with Crippen molar-refractivity contribution in [2.45, 2.75) is 6.04 Å². The van der Waals surface area contributed by atoms with E-state index in [-0.39, 0.29) is 0 Å². The maximum atomic E-state index is 6.12. The molecule has 33 heavy (non-hydrogen) atoms. The predicted octanol–water partition coefficient (Wildman–Crippen LogP) is 5.69. The molecule has 2 aliphatic rings. The molecular weight excluding hydrogens is 428 g/mol. The van der Waals surface area contributed by atoms with Gasteiger partial charge >= 0.3 is 0 Å². The van der Waals surface area contributed by atoms with Crippen LogP contribution in [0.1, 0.15) is 17.2 Å². The van der Waals surface area contributed by atoms with E-state index < -0.39 is 0 Å². The first-order chi connectivity index (χ1) is 16.3. The summed E-state index contributed by atoms with van der Waals surface area (Å²) in [7, 11) is 0. The largest absolute Gasteiger partial charge is 0.383 e. The van der Waals surface area contributed by atoms with Crippen LogP contribution in [0.2, 0.25) is 5.02 Å². The van der Waals surface area contributed by atoms with Crippen LogP contribution in [0.15, 0.2) is 79.0 Å². The van der Waals surface area contributed by atoms with Crippen LogP contribution >= 0.6 is 11.6 Å². The molecule has 4 nitrogen and oxygen atoms in total. The number of piperazine rings is 1. The fourth-order valence-electron chi connectivity index (χ4n) is 5.39. The summed E-state index contributed by atoms with van der Waals surface area (Å²) in [5.41, 5.74) is 7.76. The van der Waals surface area contributed by atoms with Crippen LogP contribution in [-0.2, 0) is 0 Å². The minimum atomic E-state index is 0.382. The summed E-state index contributed by atoms with van der Waals surface area (Å²) in [6.45, 7) is 6.30. The molecule has 3 aromatic carbocycles. The van der Waals surface area contributed by atoms with Gasteiger partial charge in [-0.05, 0) is 46.5 Å². The number of pyridine rings is 1. The summed E-state index contributed by atoms with van der Waals surface area (Å²) >= 11 is 6.12. The van der Waals surface area contributed by atoms with Gasteiger partial charge in [0.2, 0.25) is 0 Å². The van der Waals surface area contributed by atoms with Crippen molar-refractivity contribution in [1.82, 2.24) is 14.8 Å². The first-order valence-corrected chi connectivity index (χ1v) is 12.1. The quantitative estimate of drug-likeness (QED) is 0.420. The highest BCUT2D eigenvalue weighted by Gasteiger charge is 2.33. The SMILES string of the molecule is Clc1ccc2c(NCCN3CCN(C4c5ccccc5-c5ccccc54)CC3)ccnc2c1. The van der Waals surface area contributed by atoms with Crippen molar-refractivity contribution < 1.29 is 0 Å². The van der Waals surface area contributed by atoms with E-state index in [4.69, 9.17) is 11.6 Å². The zero-order valence-electron chi connectivity index (χ0n) is 18.5. The van der Waals surface area contributed by atoms with Crippen LogP contribution in [0.25, 0.3) is 22.0 Å². The number of aromatic nitrogens is 1. The molecule has 0 radical (unpaired) electrons. The van der Waals surface area contributed by atoms with Crippen molar-refractivity contribution in [2.75, 3.05) is 44.6 Å². The van der Waals surface area contributed by atoms with Crippen molar-refractivity contribution in [2.24, 2.45) is 0 Å². The van der Waals surface area contributed by atoms with E-state index in [1.165, 1.54) is 22.3 Å². The van der Waals surface area contributed by atoms with Gasteiger partial charge in [0, 0.05) is 61.6 Å². The van der Waals surface area contributed by atoms with E-state index in [1.807, 2.05) is 30.5 Å². The Hall–Kier alpha value is -2.92. The lowest BCUT2D eigenvalue weighted by molar-refractivity contribution is 0.114. The number of nitrogens with zero attached hydrogens (tertiary/aromatic N) is 3. The maximum Gasteiger partial charge on any atom is 0.0737 e. The number of hydrogen-bond donors (Lipinski definition) is 1. The van der Waals surface area contributed by atoms with Gasteiger partial charge in [0.15, 0.2) is 0 Å². The molecule has 0 amide bonds. The maximum absolute atomic E-state index is 6.12.